The Balaban J connectivity index is 1.09. The van der Waals surface area contributed by atoms with Gasteiger partial charge in [-0.1, -0.05) is 152 Å². The van der Waals surface area contributed by atoms with E-state index in [1.165, 1.54) is 89.2 Å². The second kappa shape index (κ2) is 13.4. The van der Waals surface area contributed by atoms with Crippen LogP contribution in [0.2, 0.25) is 0 Å². The molecule has 0 saturated heterocycles. The topological polar surface area (TPSA) is 19.6 Å². The van der Waals surface area contributed by atoms with Crippen LogP contribution in [0.1, 0.15) is 83.2 Å². The van der Waals surface area contributed by atoms with Crippen molar-refractivity contribution >= 4 is 79.2 Å². The first-order valence-electron chi connectivity index (χ1n) is 23.0. The van der Waals surface area contributed by atoms with Gasteiger partial charge in [0.2, 0.25) is 0 Å². The summed E-state index contributed by atoms with van der Waals surface area (Å²) in [6.07, 6.45) is 0. The van der Waals surface area contributed by atoms with Crippen molar-refractivity contribution in [1.82, 2.24) is 0 Å². The van der Waals surface area contributed by atoms with Crippen LogP contribution in [0.15, 0.2) is 162 Å². The molecule has 0 unspecified atom stereocenters. The Kier molecular flexibility index (Phi) is 8.12. The lowest BCUT2D eigenvalue weighted by Gasteiger charge is -2.45. The lowest BCUT2D eigenvalue weighted by Crippen LogP contribution is -2.61. The van der Waals surface area contributed by atoms with E-state index in [1.54, 1.807) is 0 Å². The summed E-state index contributed by atoms with van der Waals surface area (Å²) in [4.78, 5) is 5.06. The van der Waals surface area contributed by atoms with E-state index in [9.17, 15) is 0 Å². The third-order valence-electron chi connectivity index (χ3n) is 14.6. The minimum atomic E-state index is -0.0527. The number of nitrogens with zero attached hydrogens (tertiary/aromatic N) is 2. The first-order chi connectivity index (χ1) is 30.7. The van der Waals surface area contributed by atoms with Gasteiger partial charge in [0.25, 0.3) is 6.71 Å². The number of aryl methyl sites for hydroxylation is 1. The molecule has 64 heavy (non-hydrogen) atoms. The first kappa shape index (κ1) is 38.9. The van der Waals surface area contributed by atoms with Crippen LogP contribution in [0, 0.1) is 6.92 Å². The van der Waals surface area contributed by atoms with Gasteiger partial charge >= 0.3 is 0 Å². The summed E-state index contributed by atoms with van der Waals surface area (Å²) in [7, 11) is 0. The average Bonchev–Trinajstić information content (AvgIpc) is 3.76. The zero-order valence-corrected chi connectivity index (χ0v) is 38.4. The van der Waals surface area contributed by atoms with Crippen LogP contribution < -0.4 is 26.2 Å². The largest absolute Gasteiger partial charge is 0.456 e. The number of fused-ring (bicyclic) bond motifs is 10. The van der Waals surface area contributed by atoms with Crippen molar-refractivity contribution in [2.75, 3.05) is 9.80 Å². The molecular weight excluding hydrogens is 775 g/mol. The fraction of sp³-hybridized carbons (Fsp3) is 0.200. The van der Waals surface area contributed by atoms with Gasteiger partial charge in [0.15, 0.2) is 0 Å². The maximum Gasteiger partial charge on any atom is 0.252 e. The molecule has 1 aromatic heterocycles. The minimum absolute atomic E-state index is 0.0263. The summed E-state index contributed by atoms with van der Waals surface area (Å²) in [5.41, 5.74) is 24.7. The summed E-state index contributed by atoms with van der Waals surface area (Å²) in [5.74, 6) is 0. The highest BCUT2D eigenvalue weighted by Crippen LogP contribution is 2.53. The van der Waals surface area contributed by atoms with Crippen LogP contribution in [0.4, 0.5) is 34.1 Å². The van der Waals surface area contributed by atoms with Crippen LogP contribution >= 0.6 is 0 Å². The molecule has 0 saturated carbocycles. The van der Waals surface area contributed by atoms with Gasteiger partial charge in [0.05, 0.1) is 0 Å². The molecule has 12 rings (SSSR count). The smallest absolute Gasteiger partial charge is 0.252 e. The standard InChI is InChI=1S/C60H53BN2O/c1-36-31-52-57-53(32-36)63(41-27-28-44-43-15-11-13-20-54(43)64-55(44)35-41)50-30-24-38(58(2,3)4)33-49(50)61(57)48-29-23-39(59(5,6)7)34-51(48)62(52)40-25-21-37(22-26-40)42-17-14-19-47-56(42)45-16-10-12-18-46(45)60(47,8)9/h10-35H,1-9H3. The van der Waals surface area contributed by atoms with Crippen LogP contribution in [0.5, 0.6) is 0 Å². The van der Waals surface area contributed by atoms with Crippen LogP contribution in [-0.4, -0.2) is 6.71 Å². The number of hydrogen-bond donors (Lipinski definition) is 0. The Labute approximate surface area is 378 Å². The normalized spacial score (nSPS) is 14.7. The molecule has 4 heteroatoms. The Hall–Kier alpha value is -6.78. The molecule has 0 atom stereocenters. The van der Waals surface area contributed by atoms with Crippen LogP contribution in [0.25, 0.3) is 44.2 Å². The predicted molar refractivity (Wildman–Crippen MR) is 273 cm³/mol. The second-order valence-electron chi connectivity index (χ2n) is 21.1. The van der Waals surface area contributed by atoms with Crippen molar-refractivity contribution in [3.8, 4) is 22.3 Å². The van der Waals surface area contributed by atoms with E-state index in [0.717, 1.165) is 33.3 Å². The van der Waals surface area contributed by atoms with E-state index in [4.69, 9.17) is 4.42 Å². The van der Waals surface area contributed by atoms with Gasteiger partial charge in [-0.2, -0.15) is 0 Å². The van der Waals surface area contributed by atoms with Crippen molar-refractivity contribution in [1.29, 1.82) is 0 Å². The highest BCUT2D eigenvalue weighted by atomic mass is 16.3. The third kappa shape index (κ3) is 5.60. The van der Waals surface area contributed by atoms with Gasteiger partial charge in [-0.15, -0.1) is 0 Å². The second-order valence-corrected chi connectivity index (χ2v) is 21.1. The summed E-state index contributed by atoms with van der Waals surface area (Å²) < 4.78 is 6.54. The molecular formula is C60H53BN2O. The summed E-state index contributed by atoms with van der Waals surface area (Å²) in [6.45, 7) is 21.0. The molecule has 0 N–H and O–H groups in total. The number of hydrogen-bond acceptors (Lipinski definition) is 3. The van der Waals surface area contributed by atoms with E-state index in [0.29, 0.717) is 0 Å². The third-order valence-corrected chi connectivity index (χ3v) is 14.6. The van der Waals surface area contributed by atoms with Crippen LogP contribution in [0.3, 0.4) is 0 Å². The molecule has 0 bridgehead atoms. The van der Waals surface area contributed by atoms with Gasteiger partial charge in [0, 0.05) is 56.4 Å². The monoisotopic (exact) mass is 828 g/mol. The van der Waals surface area contributed by atoms with E-state index in [2.05, 4.69) is 224 Å². The molecule has 0 radical (unpaired) electrons. The van der Waals surface area contributed by atoms with Crippen molar-refractivity contribution in [3.63, 3.8) is 0 Å². The molecule has 3 aliphatic rings. The fourth-order valence-electron chi connectivity index (χ4n) is 11.3. The van der Waals surface area contributed by atoms with Gasteiger partial charge < -0.3 is 14.2 Å². The number of benzene rings is 8. The molecule has 2 aliphatic heterocycles. The highest BCUT2D eigenvalue weighted by molar-refractivity contribution is 7.00. The van der Waals surface area contributed by atoms with Gasteiger partial charge in [-0.05, 0) is 139 Å². The zero-order valence-electron chi connectivity index (χ0n) is 38.4. The number of furan rings is 1. The van der Waals surface area contributed by atoms with E-state index in [-0.39, 0.29) is 23.0 Å². The van der Waals surface area contributed by atoms with E-state index in [1.807, 2.05) is 6.07 Å². The maximum absolute atomic E-state index is 6.54. The molecule has 9 aromatic rings. The first-order valence-corrected chi connectivity index (χ1v) is 23.0. The molecule has 8 aromatic carbocycles. The summed E-state index contributed by atoms with van der Waals surface area (Å²) in [5, 5.41) is 2.28. The predicted octanol–water partition coefficient (Wildman–Crippen LogP) is 14.5. The molecule has 0 amide bonds. The molecule has 3 nitrogen and oxygen atoms in total. The minimum Gasteiger partial charge on any atom is -0.456 e. The molecule has 3 heterocycles. The SMILES string of the molecule is Cc1cc2c3c(c1)N(c1ccc(-c4cccc5c4-c4ccccc4C5(C)C)cc1)c1cc(C(C)(C)C)ccc1B3c1cc(C(C)(C)C)ccc1N2c1ccc2c(c1)oc1ccccc12. The number of rotatable bonds is 3. The van der Waals surface area contributed by atoms with Crippen molar-refractivity contribution in [2.24, 2.45) is 0 Å². The molecule has 0 spiro atoms. The lowest BCUT2D eigenvalue weighted by molar-refractivity contribution is 0.590. The Morgan fingerprint density at radius 1 is 0.484 bits per heavy atom. The number of anilines is 6. The van der Waals surface area contributed by atoms with Crippen molar-refractivity contribution in [3.05, 3.63) is 186 Å². The fourth-order valence-corrected chi connectivity index (χ4v) is 11.3. The summed E-state index contributed by atoms with van der Waals surface area (Å²) >= 11 is 0. The lowest BCUT2D eigenvalue weighted by atomic mass is 9.33. The highest BCUT2D eigenvalue weighted by Gasteiger charge is 2.44. The van der Waals surface area contributed by atoms with Gasteiger partial charge in [-0.3, -0.25) is 0 Å². The zero-order chi connectivity index (χ0) is 44.0. The Morgan fingerprint density at radius 2 is 1.11 bits per heavy atom. The molecule has 0 fully saturated rings. The summed E-state index contributed by atoms with van der Waals surface area (Å²) in [6, 6.07) is 59.7. The Bertz CT molecular complexity index is 3410. The maximum atomic E-state index is 6.54. The quantitative estimate of drug-likeness (QED) is 0.165. The van der Waals surface area contributed by atoms with Gasteiger partial charge in [0.1, 0.15) is 11.2 Å². The molecule has 312 valence electrons. The molecule has 1 aliphatic carbocycles. The van der Waals surface area contributed by atoms with Gasteiger partial charge in [-0.25, -0.2) is 0 Å². The Morgan fingerprint density at radius 3 is 1.88 bits per heavy atom. The van der Waals surface area contributed by atoms with Crippen LogP contribution in [-0.2, 0) is 16.2 Å². The van der Waals surface area contributed by atoms with Crippen molar-refractivity contribution < 1.29 is 4.42 Å². The number of para-hydroxylation sites is 1. The van der Waals surface area contributed by atoms with E-state index >= 15 is 0 Å². The average molecular weight is 829 g/mol. The van der Waals surface area contributed by atoms with E-state index < -0.39 is 0 Å². The van der Waals surface area contributed by atoms with Crippen molar-refractivity contribution in [2.45, 2.75) is 78.6 Å².